The third-order valence-corrected chi connectivity index (χ3v) is 2.82. The highest BCUT2D eigenvalue weighted by molar-refractivity contribution is 5.81. The zero-order valence-electron chi connectivity index (χ0n) is 9.36. The molecule has 0 unspecified atom stereocenters. The Kier molecular flexibility index (Phi) is 3.89. The molecule has 1 rings (SSSR count). The van der Waals surface area contributed by atoms with Crippen LogP contribution in [0.3, 0.4) is 0 Å². The molecule has 0 spiro atoms. The number of hydrogen-bond acceptors (Lipinski definition) is 3. The lowest BCUT2D eigenvalue weighted by molar-refractivity contribution is -0.134. The monoisotopic (exact) mass is 199 g/mol. The minimum absolute atomic E-state index is 0.0767. The van der Waals surface area contributed by atoms with Crippen LogP contribution < -0.4 is 5.73 Å². The zero-order valence-corrected chi connectivity index (χ0v) is 9.36. The van der Waals surface area contributed by atoms with Crippen LogP contribution in [0.15, 0.2) is 0 Å². The van der Waals surface area contributed by atoms with E-state index in [1.807, 2.05) is 11.8 Å². The zero-order chi connectivity index (χ0) is 10.7. The maximum atomic E-state index is 11.8. The van der Waals surface area contributed by atoms with Crippen LogP contribution in [0, 0.1) is 0 Å². The lowest BCUT2D eigenvalue weighted by Gasteiger charge is -2.29. The first kappa shape index (κ1) is 11.5. The van der Waals surface area contributed by atoms with Crippen LogP contribution >= 0.6 is 0 Å². The van der Waals surface area contributed by atoms with Gasteiger partial charge in [-0.1, -0.05) is 0 Å². The summed E-state index contributed by atoms with van der Waals surface area (Å²) in [5.74, 6) is 0.0767. The van der Waals surface area contributed by atoms with E-state index in [1.54, 1.807) is 6.92 Å². The molecule has 1 aliphatic heterocycles. The van der Waals surface area contributed by atoms with E-state index in [4.69, 9.17) is 5.73 Å². The first-order chi connectivity index (χ1) is 6.56. The maximum absolute atomic E-state index is 11.8. The number of carbonyl (C=O) groups is 1. The Labute approximate surface area is 86.0 Å². The third kappa shape index (κ3) is 2.45. The number of likely N-dealkylation sites (tertiary alicyclic amines) is 1. The van der Waals surface area contributed by atoms with Crippen LogP contribution in [-0.4, -0.2) is 54.5 Å². The molecule has 1 amide bonds. The molecule has 4 nitrogen and oxygen atoms in total. The summed E-state index contributed by atoms with van der Waals surface area (Å²) in [6.07, 6.45) is 1.07. The molecule has 1 fully saturated rings. The third-order valence-electron chi connectivity index (χ3n) is 2.82. The summed E-state index contributed by atoms with van der Waals surface area (Å²) in [4.78, 5) is 15.9. The smallest absolute Gasteiger partial charge is 0.239 e. The van der Waals surface area contributed by atoms with Crippen molar-refractivity contribution in [1.29, 1.82) is 0 Å². The Morgan fingerprint density at radius 1 is 1.71 bits per heavy atom. The van der Waals surface area contributed by atoms with Gasteiger partial charge in [0, 0.05) is 19.1 Å². The van der Waals surface area contributed by atoms with Crippen LogP contribution in [0.25, 0.3) is 0 Å². The number of hydrogen-bond donors (Lipinski definition) is 1. The highest BCUT2D eigenvalue weighted by atomic mass is 16.2. The average Bonchev–Trinajstić information content (AvgIpc) is 2.53. The summed E-state index contributed by atoms with van der Waals surface area (Å²) in [6, 6.07) is -0.00986. The van der Waals surface area contributed by atoms with Crippen molar-refractivity contribution >= 4 is 5.91 Å². The summed E-state index contributed by atoms with van der Waals surface area (Å²) in [5.41, 5.74) is 5.61. The molecule has 1 aliphatic rings. The van der Waals surface area contributed by atoms with Gasteiger partial charge in [-0.2, -0.15) is 0 Å². The van der Waals surface area contributed by atoms with Crippen molar-refractivity contribution in [2.24, 2.45) is 5.73 Å². The van der Waals surface area contributed by atoms with Gasteiger partial charge in [0.05, 0.1) is 6.04 Å². The first-order valence-electron chi connectivity index (χ1n) is 5.30. The predicted octanol–water partition coefficient (Wildman–Crippen LogP) is -0.114. The lowest BCUT2D eigenvalue weighted by Crippen LogP contribution is -2.48. The second-order valence-electron chi connectivity index (χ2n) is 4.12. The van der Waals surface area contributed by atoms with E-state index in [-0.39, 0.29) is 11.9 Å². The Morgan fingerprint density at radius 3 is 2.71 bits per heavy atom. The summed E-state index contributed by atoms with van der Waals surface area (Å²) in [6.45, 7) is 6.58. The molecule has 1 heterocycles. The minimum atomic E-state index is -0.374. The molecule has 2 N–H and O–H groups in total. The van der Waals surface area contributed by atoms with Gasteiger partial charge in [0.25, 0.3) is 0 Å². The number of nitrogens with two attached hydrogens (primary N) is 1. The summed E-state index contributed by atoms with van der Waals surface area (Å²) >= 11 is 0. The van der Waals surface area contributed by atoms with Crippen LogP contribution in [0.5, 0.6) is 0 Å². The normalized spacial score (nSPS) is 25.0. The van der Waals surface area contributed by atoms with E-state index in [0.29, 0.717) is 6.04 Å². The molecule has 4 heteroatoms. The van der Waals surface area contributed by atoms with Gasteiger partial charge in [-0.05, 0) is 33.9 Å². The molecule has 0 bridgehead atoms. The first-order valence-corrected chi connectivity index (χ1v) is 5.30. The highest BCUT2D eigenvalue weighted by Gasteiger charge is 2.29. The number of nitrogens with zero attached hydrogens (tertiary/aromatic N) is 2. The standard InChI is InChI=1S/C10H21N3O/c1-4-13(10(14)8(2)11)9-5-6-12(3)7-9/h8-9H,4-7,11H2,1-3H3/t8-,9+/m0/s1. The van der Waals surface area contributed by atoms with Gasteiger partial charge in [-0.3, -0.25) is 4.79 Å². The average molecular weight is 199 g/mol. The molecular formula is C10H21N3O. The van der Waals surface area contributed by atoms with Crippen LogP contribution in [0.2, 0.25) is 0 Å². The van der Waals surface area contributed by atoms with Crippen molar-refractivity contribution < 1.29 is 4.79 Å². The summed E-state index contributed by atoms with van der Waals surface area (Å²) in [5, 5.41) is 0. The van der Waals surface area contributed by atoms with Gasteiger partial charge < -0.3 is 15.5 Å². The number of amides is 1. The fourth-order valence-corrected chi connectivity index (χ4v) is 2.02. The summed E-state index contributed by atoms with van der Waals surface area (Å²) < 4.78 is 0. The van der Waals surface area contributed by atoms with E-state index in [2.05, 4.69) is 11.9 Å². The molecule has 2 atom stereocenters. The SMILES string of the molecule is CCN(C(=O)[C@H](C)N)[C@@H]1CCN(C)C1. The van der Waals surface area contributed by atoms with Crippen molar-refractivity contribution in [2.45, 2.75) is 32.4 Å². The largest absolute Gasteiger partial charge is 0.337 e. The summed E-state index contributed by atoms with van der Waals surface area (Å²) in [7, 11) is 2.09. The quantitative estimate of drug-likeness (QED) is 0.690. The molecule has 0 aromatic rings. The number of carbonyl (C=O) groups excluding carboxylic acids is 1. The van der Waals surface area contributed by atoms with E-state index >= 15 is 0 Å². The number of rotatable bonds is 3. The molecular weight excluding hydrogens is 178 g/mol. The molecule has 14 heavy (non-hydrogen) atoms. The Hall–Kier alpha value is -0.610. The number of likely N-dealkylation sites (N-methyl/N-ethyl adjacent to an activating group) is 2. The van der Waals surface area contributed by atoms with Gasteiger partial charge in [0.15, 0.2) is 0 Å². The van der Waals surface area contributed by atoms with Gasteiger partial charge in [0.1, 0.15) is 0 Å². The van der Waals surface area contributed by atoms with E-state index in [0.717, 1.165) is 26.1 Å². The van der Waals surface area contributed by atoms with Crippen molar-refractivity contribution in [3.8, 4) is 0 Å². The lowest BCUT2D eigenvalue weighted by atomic mass is 10.2. The minimum Gasteiger partial charge on any atom is -0.337 e. The van der Waals surface area contributed by atoms with Gasteiger partial charge in [-0.25, -0.2) is 0 Å². The second kappa shape index (κ2) is 4.75. The van der Waals surface area contributed by atoms with Gasteiger partial charge in [-0.15, -0.1) is 0 Å². The highest BCUT2D eigenvalue weighted by Crippen LogP contribution is 2.14. The topological polar surface area (TPSA) is 49.6 Å². The Bertz CT molecular complexity index is 206. The predicted molar refractivity (Wildman–Crippen MR) is 56.9 cm³/mol. The molecule has 0 aromatic heterocycles. The molecule has 0 saturated carbocycles. The van der Waals surface area contributed by atoms with Crippen molar-refractivity contribution in [2.75, 3.05) is 26.7 Å². The fourth-order valence-electron chi connectivity index (χ4n) is 2.02. The second-order valence-corrected chi connectivity index (χ2v) is 4.12. The Balaban J connectivity index is 2.58. The van der Waals surface area contributed by atoms with E-state index in [1.165, 1.54) is 0 Å². The van der Waals surface area contributed by atoms with Crippen LogP contribution in [0.4, 0.5) is 0 Å². The van der Waals surface area contributed by atoms with E-state index < -0.39 is 0 Å². The Morgan fingerprint density at radius 2 is 2.36 bits per heavy atom. The van der Waals surface area contributed by atoms with Crippen LogP contribution in [-0.2, 0) is 4.79 Å². The van der Waals surface area contributed by atoms with Crippen LogP contribution in [0.1, 0.15) is 20.3 Å². The van der Waals surface area contributed by atoms with Crippen molar-refractivity contribution in [3.05, 3.63) is 0 Å². The van der Waals surface area contributed by atoms with Crippen molar-refractivity contribution in [1.82, 2.24) is 9.80 Å². The molecule has 0 aliphatic carbocycles. The van der Waals surface area contributed by atoms with E-state index in [9.17, 15) is 4.79 Å². The molecule has 1 saturated heterocycles. The van der Waals surface area contributed by atoms with Gasteiger partial charge >= 0.3 is 0 Å². The van der Waals surface area contributed by atoms with Gasteiger partial charge in [0.2, 0.25) is 5.91 Å². The fraction of sp³-hybridized carbons (Fsp3) is 0.900. The van der Waals surface area contributed by atoms with Crippen molar-refractivity contribution in [3.63, 3.8) is 0 Å². The molecule has 0 aromatic carbocycles. The molecule has 82 valence electrons. The molecule has 0 radical (unpaired) electrons. The maximum Gasteiger partial charge on any atom is 0.239 e.